The molecule has 0 fully saturated rings. The zero-order valence-electron chi connectivity index (χ0n) is 27.0. The molecule has 43 heavy (non-hydrogen) atoms. The van der Waals surface area contributed by atoms with Crippen molar-refractivity contribution in [2.24, 2.45) is 22.1 Å². The fraction of sp³-hybridized carbons (Fsp3) is 0.636. The zero-order chi connectivity index (χ0) is 32.0. The molecule has 1 aromatic heterocycles. The monoisotopic (exact) mass is 613 g/mol. The second kappa shape index (κ2) is 17.9. The van der Waals surface area contributed by atoms with Crippen LogP contribution in [0.5, 0.6) is 5.88 Å². The Balaban J connectivity index is 2.42. The Bertz CT molecular complexity index is 1380. The van der Waals surface area contributed by atoms with Gasteiger partial charge in [-0.25, -0.2) is 8.42 Å². The summed E-state index contributed by atoms with van der Waals surface area (Å²) in [5.41, 5.74) is 0.0601. The Kier molecular flexibility index (Phi) is 15.1. The summed E-state index contributed by atoms with van der Waals surface area (Å²) < 4.78 is 30.8. The highest BCUT2D eigenvalue weighted by Crippen LogP contribution is 2.29. The molecule has 2 unspecified atom stereocenters. The average molecular weight is 614 g/mol. The summed E-state index contributed by atoms with van der Waals surface area (Å²) in [5, 5.41) is 28.4. The molecule has 0 amide bonds. The van der Waals surface area contributed by atoms with Crippen molar-refractivity contribution in [3.8, 4) is 11.9 Å². The predicted octanol–water partition coefficient (Wildman–Crippen LogP) is 8.37. The maximum Gasteiger partial charge on any atom is 0.281 e. The number of hydrogen-bond acceptors (Lipinski definition) is 7. The first kappa shape index (κ1) is 36.2. The minimum absolute atomic E-state index is 0.0140. The molecule has 0 radical (unpaired) electrons. The highest BCUT2D eigenvalue weighted by Gasteiger charge is 2.29. The van der Waals surface area contributed by atoms with Crippen molar-refractivity contribution >= 4 is 21.4 Å². The van der Waals surface area contributed by atoms with Gasteiger partial charge in [0.05, 0.1) is 10.6 Å². The van der Waals surface area contributed by atoms with E-state index in [4.69, 9.17) is 0 Å². The molecule has 1 N–H and O–H groups in total. The zero-order valence-corrected chi connectivity index (χ0v) is 27.8. The van der Waals surface area contributed by atoms with E-state index in [1.165, 1.54) is 0 Å². The molecule has 1 heterocycles. The largest absolute Gasteiger partial charge is 0.493 e. The summed E-state index contributed by atoms with van der Waals surface area (Å²) in [7, 11) is -3.74. The minimum Gasteiger partial charge on any atom is -0.493 e. The lowest BCUT2D eigenvalue weighted by Crippen LogP contribution is -2.39. The summed E-state index contributed by atoms with van der Waals surface area (Å²) in [6, 6.07) is 8.19. The highest BCUT2D eigenvalue weighted by atomic mass is 32.2. The molecule has 0 spiro atoms. The van der Waals surface area contributed by atoms with Gasteiger partial charge in [-0.1, -0.05) is 79.6 Å². The van der Waals surface area contributed by atoms with E-state index in [-0.39, 0.29) is 34.1 Å². The molecule has 10 heteroatoms. The lowest BCUT2D eigenvalue weighted by molar-refractivity contribution is 0.270. The van der Waals surface area contributed by atoms with E-state index < -0.39 is 15.6 Å². The highest BCUT2D eigenvalue weighted by molar-refractivity contribution is 7.89. The van der Waals surface area contributed by atoms with Crippen molar-refractivity contribution in [1.82, 2.24) is 8.87 Å². The van der Waals surface area contributed by atoms with Crippen molar-refractivity contribution in [3.05, 3.63) is 45.7 Å². The number of sulfonamides is 1. The topological polar surface area (TPSA) is 128 Å². The molecule has 0 saturated heterocycles. The van der Waals surface area contributed by atoms with E-state index in [2.05, 4.69) is 37.9 Å². The maximum atomic E-state index is 14.0. The number of azo groups is 1. The summed E-state index contributed by atoms with van der Waals surface area (Å²) in [4.78, 5) is 13.3. The van der Waals surface area contributed by atoms with Crippen LogP contribution in [0, 0.1) is 30.1 Å². The fourth-order valence-electron chi connectivity index (χ4n) is 5.20. The van der Waals surface area contributed by atoms with Crippen LogP contribution in [0.15, 0.2) is 44.2 Å². The van der Waals surface area contributed by atoms with E-state index in [0.717, 1.165) is 62.4 Å². The Labute approximate surface area is 258 Å². The van der Waals surface area contributed by atoms with Gasteiger partial charge in [0.2, 0.25) is 15.9 Å². The molecule has 0 bridgehead atoms. The van der Waals surface area contributed by atoms with Crippen molar-refractivity contribution in [2.75, 3.05) is 13.1 Å². The first-order valence-corrected chi connectivity index (χ1v) is 17.4. The molecule has 0 saturated carbocycles. The Morgan fingerprint density at radius 2 is 1.44 bits per heavy atom. The SMILES string of the molecule is CCCCC(CC)CN(CC(CC)CCCC)S(=O)(=O)c1ccc(N=Nc2c(C)c(C#N)c(O)n(CCCC)c2=O)cc1. The third-order valence-electron chi connectivity index (χ3n) is 8.25. The van der Waals surface area contributed by atoms with Gasteiger partial charge in [-0.2, -0.15) is 14.7 Å². The second-order valence-corrected chi connectivity index (χ2v) is 13.4. The number of pyridine rings is 1. The molecule has 0 aliphatic rings. The molecule has 0 aliphatic carbocycles. The number of hydrogen-bond donors (Lipinski definition) is 1. The third-order valence-corrected chi connectivity index (χ3v) is 10.1. The van der Waals surface area contributed by atoms with Crippen molar-refractivity contribution in [1.29, 1.82) is 5.26 Å². The van der Waals surface area contributed by atoms with E-state index in [1.54, 1.807) is 35.5 Å². The van der Waals surface area contributed by atoms with Crippen LogP contribution in [-0.4, -0.2) is 35.5 Å². The van der Waals surface area contributed by atoms with Gasteiger partial charge in [-0.15, -0.1) is 5.11 Å². The summed E-state index contributed by atoms with van der Waals surface area (Å²) in [5.74, 6) is 0.246. The van der Waals surface area contributed by atoms with Crippen molar-refractivity contribution < 1.29 is 13.5 Å². The van der Waals surface area contributed by atoms with Crippen LogP contribution in [0.4, 0.5) is 11.4 Å². The van der Waals surface area contributed by atoms with Crippen LogP contribution >= 0.6 is 0 Å². The van der Waals surface area contributed by atoms with Crippen LogP contribution in [0.1, 0.15) is 110 Å². The fourth-order valence-corrected chi connectivity index (χ4v) is 6.80. The van der Waals surface area contributed by atoms with Crippen LogP contribution in [0.3, 0.4) is 0 Å². The van der Waals surface area contributed by atoms with Gasteiger partial charge in [0.1, 0.15) is 11.6 Å². The van der Waals surface area contributed by atoms with Gasteiger partial charge in [0.15, 0.2) is 5.69 Å². The van der Waals surface area contributed by atoms with E-state index in [0.29, 0.717) is 37.0 Å². The first-order valence-electron chi connectivity index (χ1n) is 16.0. The quantitative estimate of drug-likeness (QED) is 0.159. The Morgan fingerprint density at radius 3 is 1.91 bits per heavy atom. The standard InChI is InChI=1S/C33H51N5O4S/c1-7-12-15-26(10-4)23-37(24-27(11-5)16-13-8-2)43(41,42)29-19-17-28(18-20-29)35-36-31-25(6)30(22-34)32(39)38(33(31)40)21-14-9-3/h17-20,26-27,39H,7-16,21,23-24H2,1-6H3. The number of unbranched alkanes of at least 4 members (excludes halogenated alkanes) is 3. The van der Waals surface area contributed by atoms with Crippen molar-refractivity contribution in [2.45, 2.75) is 117 Å². The average Bonchev–Trinajstić information content (AvgIpc) is 3.00. The molecular weight excluding hydrogens is 562 g/mol. The number of aromatic hydroxyl groups is 1. The second-order valence-electron chi connectivity index (χ2n) is 11.4. The minimum atomic E-state index is -3.74. The van der Waals surface area contributed by atoms with Gasteiger partial charge in [0, 0.05) is 25.2 Å². The molecule has 2 atom stereocenters. The molecule has 2 rings (SSSR count). The smallest absolute Gasteiger partial charge is 0.281 e. The third kappa shape index (κ3) is 9.73. The summed E-state index contributed by atoms with van der Waals surface area (Å²) in [6.45, 7) is 13.4. The molecule has 1 aromatic carbocycles. The van der Waals surface area contributed by atoms with Gasteiger partial charge in [0.25, 0.3) is 5.56 Å². The number of aromatic nitrogens is 1. The van der Waals surface area contributed by atoms with Gasteiger partial charge < -0.3 is 5.11 Å². The lowest BCUT2D eigenvalue weighted by Gasteiger charge is -2.30. The van der Waals surface area contributed by atoms with Crippen LogP contribution in [-0.2, 0) is 16.6 Å². The molecule has 2 aromatic rings. The number of benzene rings is 1. The first-order chi connectivity index (χ1) is 20.6. The molecular formula is C33H51N5O4S. The summed E-state index contributed by atoms with van der Waals surface area (Å²) >= 11 is 0. The number of rotatable bonds is 19. The lowest BCUT2D eigenvalue weighted by atomic mass is 9.97. The molecule has 9 nitrogen and oxygen atoms in total. The van der Waals surface area contributed by atoms with Gasteiger partial charge in [-0.3, -0.25) is 9.36 Å². The predicted molar refractivity (Wildman–Crippen MR) is 173 cm³/mol. The van der Waals surface area contributed by atoms with Crippen molar-refractivity contribution in [3.63, 3.8) is 0 Å². The maximum absolute atomic E-state index is 14.0. The number of nitrogens with zero attached hydrogens (tertiary/aromatic N) is 5. The van der Waals surface area contributed by atoms with E-state index in [9.17, 15) is 23.6 Å². The van der Waals surface area contributed by atoms with E-state index in [1.807, 2.05) is 13.0 Å². The molecule has 238 valence electrons. The van der Waals surface area contributed by atoms with E-state index >= 15 is 0 Å². The van der Waals surface area contributed by atoms with Gasteiger partial charge in [-0.05, 0) is 62.3 Å². The number of nitriles is 1. The van der Waals surface area contributed by atoms with Crippen LogP contribution in [0.2, 0.25) is 0 Å². The van der Waals surface area contributed by atoms with Crippen LogP contribution < -0.4 is 5.56 Å². The normalized spacial score (nSPS) is 13.4. The van der Waals surface area contributed by atoms with Gasteiger partial charge >= 0.3 is 0 Å². The van der Waals surface area contributed by atoms with Crippen LogP contribution in [0.25, 0.3) is 0 Å². The molecule has 0 aliphatic heterocycles. The Morgan fingerprint density at radius 1 is 0.907 bits per heavy atom. The Hall–Kier alpha value is -3.03. The summed E-state index contributed by atoms with van der Waals surface area (Å²) in [6.07, 6.45) is 9.67.